The number of rotatable bonds is 5. The van der Waals surface area contributed by atoms with Crippen molar-refractivity contribution >= 4 is 15.9 Å². The fourth-order valence-electron chi connectivity index (χ4n) is 3.27. The van der Waals surface area contributed by atoms with E-state index in [1.165, 1.54) is 4.31 Å². The van der Waals surface area contributed by atoms with Gasteiger partial charge in [-0.05, 0) is 37.5 Å². The van der Waals surface area contributed by atoms with Gasteiger partial charge in [0.1, 0.15) is 0 Å². The van der Waals surface area contributed by atoms with Crippen molar-refractivity contribution in [3.05, 3.63) is 66.2 Å². The number of carbonyl (C=O) groups excluding carboxylic acids is 1. The van der Waals surface area contributed by atoms with Crippen LogP contribution in [0.25, 0.3) is 0 Å². The van der Waals surface area contributed by atoms with E-state index in [1.807, 2.05) is 37.3 Å². The molecule has 1 amide bonds. The Hall–Kier alpha value is -2.18. The minimum Gasteiger partial charge on any atom is -0.349 e. The maximum Gasteiger partial charge on any atom is 0.243 e. The summed E-state index contributed by atoms with van der Waals surface area (Å²) in [5.41, 5.74) is 1.03. The van der Waals surface area contributed by atoms with Crippen LogP contribution in [0.2, 0.25) is 0 Å². The Kier molecular flexibility index (Phi) is 5.74. The van der Waals surface area contributed by atoms with Crippen molar-refractivity contribution in [2.45, 2.75) is 30.7 Å². The summed E-state index contributed by atoms with van der Waals surface area (Å²) in [6.45, 7) is 2.62. The average Bonchev–Trinajstić information content (AvgIpc) is 2.69. The number of hydrogen-bond donors (Lipinski definition) is 1. The summed E-state index contributed by atoms with van der Waals surface area (Å²) in [4.78, 5) is 12.9. The Balaban J connectivity index is 1.67. The first kappa shape index (κ1) is 18.6. The standard InChI is InChI=1S/C20H24N2O3S/c1-16(17-9-4-2-5-10-17)21-20(23)18-11-8-14-22(15-18)26(24,25)19-12-6-3-7-13-19/h2-7,9-10,12-13,16,18H,8,11,14-15H2,1H3,(H,21,23)/t16-,18?/m1/s1. The van der Waals surface area contributed by atoms with Gasteiger partial charge in [0, 0.05) is 13.1 Å². The van der Waals surface area contributed by atoms with Gasteiger partial charge in [-0.15, -0.1) is 0 Å². The van der Waals surface area contributed by atoms with Gasteiger partial charge in [0.05, 0.1) is 16.9 Å². The number of nitrogens with one attached hydrogen (secondary N) is 1. The van der Waals surface area contributed by atoms with Gasteiger partial charge in [-0.2, -0.15) is 4.31 Å². The molecule has 1 heterocycles. The van der Waals surface area contributed by atoms with Crippen LogP contribution in [0.4, 0.5) is 0 Å². The number of piperidine rings is 1. The number of carbonyl (C=O) groups is 1. The molecule has 2 aromatic carbocycles. The highest BCUT2D eigenvalue weighted by Crippen LogP contribution is 2.24. The van der Waals surface area contributed by atoms with Crippen molar-refractivity contribution in [2.75, 3.05) is 13.1 Å². The van der Waals surface area contributed by atoms with E-state index in [0.29, 0.717) is 19.4 Å². The molecule has 1 N–H and O–H groups in total. The summed E-state index contributed by atoms with van der Waals surface area (Å²) in [7, 11) is -3.56. The molecule has 0 spiro atoms. The first-order valence-electron chi connectivity index (χ1n) is 8.89. The second-order valence-electron chi connectivity index (χ2n) is 6.66. The van der Waals surface area contributed by atoms with E-state index in [0.717, 1.165) is 5.56 Å². The van der Waals surface area contributed by atoms with Crippen molar-refractivity contribution in [1.82, 2.24) is 9.62 Å². The fourth-order valence-corrected chi connectivity index (χ4v) is 4.82. The van der Waals surface area contributed by atoms with Gasteiger partial charge in [-0.3, -0.25) is 4.79 Å². The predicted molar refractivity (Wildman–Crippen MR) is 101 cm³/mol. The zero-order valence-corrected chi connectivity index (χ0v) is 15.7. The molecular formula is C20H24N2O3S. The molecule has 0 radical (unpaired) electrons. The molecule has 2 atom stereocenters. The Morgan fingerprint density at radius 3 is 2.35 bits per heavy atom. The summed E-state index contributed by atoms with van der Waals surface area (Å²) in [5, 5.41) is 3.02. The fraction of sp³-hybridized carbons (Fsp3) is 0.350. The average molecular weight is 372 g/mol. The Morgan fingerprint density at radius 1 is 1.08 bits per heavy atom. The molecule has 5 nitrogen and oxygen atoms in total. The van der Waals surface area contributed by atoms with Crippen LogP contribution >= 0.6 is 0 Å². The quantitative estimate of drug-likeness (QED) is 0.877. The van der Waals surface area contributed by atoms with E-state index in [2.05, 4.69) is 5.32 Å². The van der Waals surface area contributed by atoms with Crippen LogP contribution in [-0.2, 0) is 14.8 Å². The minimum atomic E-state index is -3.56. The van der Waals surface area contributed by atoms with Gasteiger partial charge in [0.2, 0.25) is 15.9 Å². The highest BCUT2D eigenvalue weighted by molar-refractivity contribution is 7.89. The molecule has 0 saturated carbocycles. The third-order valence-corrected chi connectivity index (χ3v) is 6.67. The maximum atomic E-state index is 12.8. The molecule has 0 bridgehead atoms. The molecule has 26 heavy (non-hydrogen) atoms. The highest BCUT2D eigenvalue weighted by atomic mass is 32.2. The topological polar surface area (TPSA) is 66.5 Å². The van der Waals surface area contributed by atoms with Gasteiger partial charge in [0.15, 0.2) is 0 Å². The third kappa shape index (κ3) is 4.14. The SMILES string of the molecule is C[C@@H](NC(=O)C1CCCN(S(=O)(=O)c2ccccc2)C1)c1ccccc1. The van der Waals surface area contributed by atoms with E-state index in [4.69, 9.17) is 0 Å². The number of amides is 1. The smallest absolute Gasteiger partial charge is 0.243 e. The Bertz CT molecular complexity index is 838. The molecule has 1 fully saturated rings. The molecule has 6 heteroatoms. The first-order valence-corrected chi connectivity index (χ1v) is 10.3. The van der Waals surface area contributed by atoms with Crippen molar-refractivity contribution in [1.29, 1.82) is 0 Å². The van der Waals surface area contributed by atoms with E-state index in [9.17, 15) is 13.2 Å². The van der Waals surface area contributed by atoms with E-state index < -0.39 is 10.0 Å². The largest absolute Gasteiger partial charge is 0.349 e. The number of sulfonamides is 1. The third-order valence-electron chi connectivity index (χ3n) is 4.79. The number of hydrogen-bond acceptors (Lipinski definition) is 3. The molecule has 1 aliphatic heterocycles. The van der Waals surface area contributed by atoms with E-state index >= 15 is 0 Å². The number of nitrogens with zero attached hydrogens (tertiary/aromatic N) is 1. The maximum absolute atomic E-state index is 12.8. The van der Waals surface area contributed by atoms with E-state index in [1.54, 1.807) is 30.3 Å². The lowest BCUT2D eigenvalue weighted by molar-refractivity contribution is -0.126. The second-order valence-corrected chi connectivity index (χ2v) is 8.59. The molecule has 1 unspecified atom stereocenters. The van der Waals surface area contributed by atoms with Crippen LogP contribution in [-0.4, -0.2) is 31.7 Å². The van der Waals surface area contributed by atoms with Gasteiger partial charge >= 0.3 is 0 Å². The highest BCUT2D eigenvalue weighted by Gasteiger charge is 2.33. The van der Waals surface area contributed by atoms with Crippen LogP contribution in [0.1, 0.15) is 31.4 Å². The minimum absolute atomic E-state index is 0.0886. The van der Waals surface area contributed by atoms with Crippen LogP contribution in [0.3, 0.4) is 0 Å². The van der Waals surface area contributed by atoms with Crippen molar-refractivity contribution < 1.29 is 13.2 Å². The zero-order valence-electron chi connectivity index (χ0n) is 14.8. The predicted octanol–water partition coefficient (Wildman–Crippen LogP) is 2.96. The molecular weight excluding hydrogens is 348 g/mol. The lowest BCUT2D eigenvalue weighted by atomic mass is 9.98. The molecule has 138 valence electrons. The Labute approximate surface area is 155 Å². The molecule has 1 aliphatic rings. The normalized spacial score (nSPS) is 19.7. The van der Waals surface area contributed by atoms with Crippen molar-refractivity contribution in [2.24, 2.45) is 5.92 Å². The molecule has 1 saturated heterocycles. The van der Waals surface area contributed by atoms with Crippen LogP contribution in [0.5, 0.6) is 0 Å². The van der Waals surface area contributed by atoms with Crippen molar-refractivity contribution in [3.8, 4) is 0 Å². The first-order chi connectivity index (χ1) is 12.5. The summed E-state index contributed by atoms with van der Waals surface area (Å²) in [6, 6.07) is 18.0. The summed E-state index contributed by atoms with van der Waals surface area (Å²) in [6.07, 6.45) is 1.39. The lowest BCUT2D eigenvalue weighted by Crippen LogP contribution is -2.45. The van der Waals surface area contributed by atoms with Crippen LogP contribution in [0, 0.1) is 5.92 Å². The summed E-state index contributed by atoms with van der Waals surface area (Å²) in [5.74, 6) is -0.414. The Morgan fingerprint density at radius 2 is 1.69 bits per heavy atom. The van der Waals surface area contributed by atoms with Crippen molar-refractivity contribution in [3.63, 3.8) is 0 Å². The zero-order chi connectivity index (χ0) is 18.6. The molecule has 2 aromatic rings. The van der Waals surface area contributed by atoms with Gasteiger partial charge in [-0.25, -0.2) is 8.42 Å². The van der Waals surface area contributed by atoms with Crippen LogP contribution < -0.4 is 5.32 Å². The van der Waals surface area contributed by atoms with Gasteiger partial charge in [0.25, 0.3) is 0 Å². The summed E-state index contributed by atoms with van der Waals surface area (Å²) >= 11 is 0. The van der Waals surface area contributed by atoms with Crippen LogP contribution in [0.15, 0.2) is 65.6 Å². The molecule has 3 rings (SSSR count). The summed E-state index contributed by atoms with van der Waals surface area (Å²) < 4.78 is 27.0. The number of benzene rings is 2. The monoisotopic (exact) mass is 372 g/mol. The molecule has 0 aliphatic carbocycles. The molecule has 0 aromatic heterocycles. The second kappa shape index (κ2) is 8.01. The lowest BCUT2D eigenvalue weighted by Gasteiger charge is -2.32. The van der Waals surface area contributed by atoms with Gasteiger partial charge < -0.3 is 5.32 Å². The van der Waals surface area contributed by atoms with Gasteiger partial charge in [-0.1, -0.05) is 48.5 Å². The van der Waals surface area contributed by atoms with E-state index in [-0.39, 0.29) is 29.3 Å².